The first-order valence-corrected chi connectivity index (χ1v) is 11.9. The average molecular weight is 461 g/mol. The Labute approximate surface area is 182 Å². The van der Waals surface area contributed by atoms with Gasteiger partial charge in [0.05, 0.1) is 4.88 Å². The highest BCUT2D eigenvalue weighted by Gasteiger charge is 2.28. The maximum absolute atomic E-state index is 12.6. The Bertz CT molecular complexity index is 1220. The number of amides is 1. The first kappa shape index (κ1) is 21.2. The fraction of sp³-hybridized carbons (Fsp3) is 0.250. The van der Waals surface area contributed by atoms with E-state index in [1.54, 1.807) is 12.1 Å². The number of piperazine rings is 1. The topological polar surface area (TPSA) is 106 Å². The molecule has 4 rings (SSSR count). The molecule has 0 unspecified atom stereocenters. The fourth-order valence-electron chi connectivity index (χ4n) is 3.14. The molecule has 3 heterocycles. The molecule has 0 saturated carbocycles. The van der Waals surface area contributed by atoms with Gasteiger partial charge in [-0.1, -0.05) is 36.4 Å². The van der Waals surface area contributed by atoms with Crippen LogP contribution in [0.25, 0.3) is 16.8 Å². The van der Waals surface area contributed by atoms with E-state index in [4.69, 9.17) is 4.42 Å². The van der Waals surface area contributed by atoms with Crippen LogP contribution < -0.4 is 5.76 Å². The number of benzene rings is 1. The summed E-state index contributed by atoms with van der Waals surface area (Å²) in [5.41, 5.74) is 0.792. The van der Waals surface area contributed by atoms with Crippen LogP contribution >= 0.6 is 11.3 Å². The summed E-state index contributed by atoms with van der Waals surface area (Å²) < 4.78 is 32.6. The van der Waals surface area contributed by atoms with Crippen LogP contribution in [0.1, 0.15) is 5.56 Å². The molecule has 0 spiro atoms. The van der Waals surface area contributed by atoms with Crippen molar-refractivity contribution in [2.45, 2.75) is 6.54 Å². The van der Waals surface area contributed by atoms with Crippen LogP contribution in [0.4, 0.5) is 0 Å². The van der Waals surface area contributed by atoms with Crippen molar-refractivity contribution >= 4 is 33.3 Å². The van der Waals surface area contributed by atoms with E-state index in [2.05, 4.69) is 5.10 Å². The van der Waals surface area contributed by atoms with Gasteiger partial charge in [0.25, 0.3) is 5.89 Å². The average Bonchev–Trinajstić information content (AvgIpc) is 3.43. The van der Waals surface area contributed by atoms with Gasteiger partial charge in [-0.15, -0.1) is 16.4 Å². The number of carbonyl (C=O) groups excluding carboxylic acids is 1. The summed E-state index contributed by atoms with van der Waals surface area (Å²) in [6.45, 7) is 0.584. The standard InChI is InChI=1S/C20H20N4O5S2/c25-18(15-24-20(26)29-19(21-24)17-7-4-13-30-17)22-9-11-23(12-10-22)31(27,28)14-8-16-5-2-1-3-6-16/h1-8,13-14H,9-12,15H2. The lowest BCUT2D eigenvalue weighted by Gasteiger charge is -2.33. The highest BCUT2D eigenvalue weighted by Crippen LogP contribution is 2.21. The van der Waals surface area contributed by atoms with Crippen molar-refractivity contribution in [3.05, 3.63) is 69.4 Å². The molecule has 0 N–H and O–H groups in total. The number of thiophene rings is 1. The Morgan fingerprint density at radius 1 is 1.10 bits per heavy atom. The van der Waals surface area contributed by atoms with Gasteiger partial charge in [0.1, 0.15) is 6.54 Å². The molecule has 11 heteroatoms. The zero-order valence-electron chi connectivity index (χ0n) is 16.5. The molecule has 1 amide bonds. The Balaban J connectivity index is 1.35. The van der Waals surface area contributed by atoms with Crippen molar-refractivity contribution in [3.8, 4) is 10.8 Å². The van der Waals surface area contributed by atoms with E-state index in [0.29, 0.717) is 4.88 Å². The van der Waals surface area contributed by atoms with Crippen molar-refractivity contribution in [1.82, 2.24) is 19.0 Å². The maximum Gasteiger partial charge on any atom is 0.437 e. The molecule has 1 aliphatic heterocycles. The fourth-order valence-corrected chi connectivity index (χ4v) is 4.96. The molecule has 1 aliphatic rings. The van der Waals surface area contributed by atoms with Crippen LogP contribution in [0, 0.1) is 0 Å². The Morgan fingerprint density at radius 3 is 2.52 bits per heavy atom. The summed E-state index contributed by atoms with van der Waals surface area (Å²) >= 11 is 1.38. The molecule has 0 radical (unpaired) electrons. The molecule has 1 fully saturated rings. The van der Waals surface area contributed by atoms with Crippen LogP contribution in [0.15, 0.2) is 62.5 Å². The second kappa shape index (κ2) is 9.00. The van der Waals surface area contributed by atoms with Gasteiger partial charge in [-0.3, -0.25) is 4.79 Å². The Hall–Kier alpha value is -3.02. The molecule has 0 atom stereocenters. The summed E-state index contributed by atoms with van der Waals surface area (Å²) in [7, 11) is -3.58. The van der Waals surface area contributed by atoms with Gasteiger partial charge in [-0.25, -0.2) is 13.2 Å². The van der Waals surface area contributed by atoms with E-state index in [1.165, 1.54) is 25.9 Å². The third-order valence-corrected chi connectivity index (χ3v) is 7.23. The Kier molecular flexibility index (Phi) is 6.16. The van der Waals surface area contributed by atoms with E-state index in [-0.39, 0.29) is 44.5 Å². The monoisotopic (exact) mass is 460 g/mol. The first-order chi connectivity index (χ1) is 14.9. The van der Waals surface area contributed by atoms with Gasteiger partial charge < -0.3 is 9.32 Å². The number of carbonyl (C=O) groups is 1. The molecule has 9 nitrogen and oxygen atoms in total. The van der Waals surface area contributed by atoms with E-state index in [9.17, 15) is 18.0 Å². The van der Waals surface area contributed by atoms with Gasteiger partial charge in [-0.2, -0.15) is 8.99 Å². The van der Waals surface area contributed by atoms with Crippen molar-refractivity contribution < 1.29 is 17.6 Å². The highest BCUT2D eigenvalue weighted by molar-refractivity contribution is 7.92. The number of sulfonamides is 1. The third kappa shape index (κ3) is 5.01. The molecular weight excluding hydrogens is 440 g/mol. The first-order valence-electron chi connectivity index (χ1n) is 9.55. The van der Waals surface area contributed by atoms with Crippen LogP contribution in [0.3, 0.4) is 0 Å². The maximum atomic E-state index is 12.6. The van der Waals surface area contributed by atoms with Gasteiger partial charge >= 0.3 is 5.76 Å². The van der Waals surface area contributed by atoms with Crippen LogP contribution in [-0.4, -0.2) is 59.5 Å². The minimum absolute atomic E-state index is 0.175. The van der Waals surface area contributed by atoms with Crippen LogP contribution in [0.2, 0.25) is 0 Å². The van der Waals surface area contributed by atoms with E-state index >= 15 is 0 Å². The van der Waals surface area contributed by atoms with Gasteiger partial charge in [0, 0.05) is 31.6 Å². The van der Waals surface area contributed by atoms with Crippen LogP contribution in [-0.2, 0) is 21.4 Å². The summed E-state index contributed by atoms with van der Waals surface area (Å²) in [4.78, 5) is 26.8. The number of nitrogens with zero attached hydrogens (tertiary/aromatic N) is 4. The molecule has 3 aromatic rings. The molecule has 0 bridgehead atoms. The summed E-state index contributed by atoms with van der Waals surface area (Å²) in [6.07, 6.45) is 1.55. The molecular formula is C20H20N4O5S2. The quantitative estimate of drug-likeness (QED) is 0.555. The van der Waals surface area contributed by atoms with E-state index in [1.807, 2.05) is 41.8 Å². The van der Waals surface area contributed by atoms with Crippen molar-refractivity contribution in [2.75, 3.05) is 26.2 Å². The predicted octanol–water partition coefficient (Wildman–Crippen LogP) is 1.71. The van der Waals surface area contributed by atoms with Gasteiger partial charge in [0.15, 0.2) is 0 Å². The lowest BCUT2D eigenvalue weighted by atomic mass is 10.2. The number of hydrogen-bond acceptors (Lipinski definition) is 7. The summed E-state index contributed by atoms with van der Waals surface area (Å²) in [6, 6.07) is 12.7. The second-order valence-electron chi connectivity index (χ2n) is 6.85. The zero-order valence-corrected chi connectivity index (χ0v) is 18.1. The minimum Gasteiger partial charge on any atom is -0.387 e. The normalized spacial score (nSPS) is 15.5. The second-order valence-corrected chi connectivity index (χ2v) is 9.61. The number of aromatic nitrogens is 2. The molecule has 1 saturated heterocycles. The van der Waals surface area contributed by atoms with Crippen molar-refractivity contribution in [3.63, 3.8) is 0 Å². The lowest BCUT2D eigenvalue weighted by molar-refractivity contribution is -0.133. The van der Waals surface area contributed by atoms with Gasteiger partial charge in [0.2, 0.25) is 15.9 Å². The van der Waals surface area contributed by atoms with Gasteiger partial charge in [-0.05, 0) is 23.1 Å². The summed E-state index contributed by atoms with van der Waals surface area (Å²) in [5, 5.41) is 7.10. The smallest absolute Gasteiger partial charge is 0.387 e. The minimum atomic E-state index is -3.58. The Morgan fingerprint density at radius 2 is 1.84 bits per heavy atom. The van der Waals surface area contributed by atoms with E-state index in [0.717, 1.165) is 10.2 Å². The third-order valence-electron chi connectivity index (χ3n) is 4.81. The number of hydrogen-bond donors (Lipinski definition) is 0. The highest BCUT2D eigenvalue weighted by atomic mass is 32.2. The SMILES string of the molecule is O=C(Cn1nc(-c2cccs2)oc1=O)N1CCN(S(=O)(=O)C=Cc2ccccc2)CC1. The molecule has 0 aliphatic carbocycles. The molecule has 31 heavy (non-hydrogen) atoms. The molecule has 1 aromatic carbocycles. The molecule has 162 valence electrons. The number of rotatable bonds is 6. The zero-order chi connectivity index (χ0) is 21.8. The van der Waals surface area contributed by atoms with E-state index < -0.39 is 15.8 Å². The van der Waals surface area contributed by atoms with Crippen LogP contribution in [0.5, 0.6) is 0 Å². The van der Waals surface area contributed by atoms with Crippen molar-refractivity contribution in [2.24, 2.45) is 0 Å². The molecule has 2 aromatic heterocycles. The largest absolute Gasteiger partial charge is 0.437 e. The predicted molar refractivity (Wildman–Crippen MR) is 117 cm³/mol. The van der Waals surface area contributed by atoms with Crippen molar-refractivity contribution in [1.29, 1.82) is 0 Å². The summed E-state index contributed by atoms with van der Waals surface area (Å²) in [5.74, 6) is -0.845. The lowest BCUT2D eigenvalue weighted by Crippen LogP contribution is -2.51.